The third-order valence-corrected chi connectivity index (χ3v) is 3.25. The Morgan fingerprint density at radius 3 is 2.29 bits per heavy atom. The molecule has 88 valence electrons. The number of rotatable bonds is 3. The molecular formula is C16H17F. The van der Waals surface area contributed by atoms with Crippen molar-refractivity contribution in [3.63, 3.8) is 0 Å². The fraction of sp³-hybridized carbons (Fsp3) is 0.250. The van der Waals surface area contributed by atoms with E-state index in [2.05, 4.69) is 38.1 Å². The van der Waals surface area contributed by atoms with Crippen LogP contribution < -0.4 is 0 Å². The molecule has 0 fully saturated rings. The second-order valence-electron chi connectivity index (χ2n) is 4.44. The molecular weight excluding hydrogens is 211 g/mol. The van der Waals surface area contributed by atoms with Crippen LogP contribution in [0.3, 0.4) is 0 Å². The summed E-state index contributed by atoms with van der Waals surface area (Å²) >= 11 is 0. The van der Waals surface area contributed by atoms with E-state index < -0.39 is 0 Å². The summed E-state index contributed by atoms with van der Waals surface area (Å²) in [5.74, 6) is 0.394. The Balaban J connectivity index is 2.29. The average molecular weight is 228 g/mol. The second kappa shape index (κ2) is 5.13. The van der Waals surface area contributed by atoms with Crippen molar-refractivity contribution in [2.45, 2.75) is 26.2 Å². The van der Waals surface area contributed by atoms with E-state index in [1.54, 1.807) is 12.1 Å². The normalized spacial score (nSPS) is 12.4. The highest BCUT2D eigenvalue weighted by Crippen LogP contribution is 2.24. The Hall–Kier alpha value is -1.63. The van der Waals surface area contributed by atoms with Gasteiger partial charge in [0.2, 0.25) is 0 Å². The van der Waals surface area contributed by atoms with Crippen LogP contribution in [0.15, 0.2) is 48.5 Å². The van der Waals surface area contributed by atoms with E-state index in [0.717, 1.165) is 17.5 Å². The zero-order valence-electron chi connectivity index (χ0n) is 10.3. The fourth-order valence-corrected chi connectivity index (χ4v) is 1.91. The van der Waals surface area contributed by atoms with Crippen molar-refractivity contribution >= 4 is 0 Å². The van der Waals surface area contributed by atoms with Crippen molar-refractivity contribution < 1.29 is 4.39 Å². The molecule has 17 heavy (non-hydrogen) atoms. The van der Waals surface area contributed by atoms with Gasteiger partial charge in [0, 0.05) is 0 Å². The number of hydrogen-bond donors (Lipinski definition) is 0. The van der Waals surface area contributed by atoms with Crippen molar-refractivity contribution in [3.8, 4) is 11.1 Å². The quantitative estimate of drug-likeness (QED) is 0.693. The zero-order valence-corrected chi connectivity index (χ0v) is 10.3. The molecule has 0 aliphatic heterocycles. The molecule has 0 N–H and O–H groups in total. The Kier molecular flexibility index (Phi) is 3.58. The third kappa shape index (κ3) is 2.73. The van der Waals surface area contributed by atoms with Gasteiger partial charge in [-0.3, -0.25) is 0 Å². The summed E-state index contributed by atoms with van der Waals surface area (Å²) in [5, 5.41) is 0. The molecule has 0 heterocycles. The predicted molar refractivity (Wildman–Crippen MR) is 70.5 cm³/mol. The largest absolute Gasteiger partial charge is 0.207 e. The van der Waals surface area contributed by atoms with Gasteiger partial charge in [0.15, 0.2) is 0 Å². The molecule has 1 heteroatoms. The molecule has 2 rings (SSSR count). The van der Waals surface area contributed by atoms with Crippen LogP contribution in [0.1, 0.15) is 31.7 Å². The molecule has 0 aliphatic rings. The van der Waals surface area contributed by atoms with E-state index in [4.69, 9.17) is 0 Å². The van der Waals surface area contributed by atoms with Crippen LogP contribution >= 0.6 is 0 Å². The summed E-state index contributed by atoms with van der Waals surface area (Å²) in [6, 6.07) is 15.1. The first kappa shape index (κ1) is 11.8. The third-order valence-electron chi connectivity index (χ3n) is 3.25. The summed E-state index contributed by atoms with van der Waals surface area (Å²) < 4.78 is 13.1. The lowest BCUT2D eigenvalue weighted by molar-refractivity contribution is 0.628. The highest BCUT2D eigenvalue weighted by atomic mass is 19.1. The maximum Gasteiger partial charge on any atom is 0.123 e. The molecule has 0 saturated carbocycles. The van der Waals surface area contributed by atoms with E-state index in [1.165, 1.54) is 11.6 Å². The first-order valence-corrected chi connectivity index (χ1v) is 6.06. The fourth-order valence-electron chi connectivity index (χ4n) is 1.91. The SMILES string of the molecule is CCC(C)c1ccc(-c2cccc(F)c2)cc1. The van der Waals surface area contributed by atoms with Crippen molar-refractivity contribution in [2.24, 2.45) is 0 Å². The van der Waals surface area contributed by atoms with E-state index in [1.807, 2.05) is 6.07 Å². The van der Waals surface area contributed by atoms with Gasteiger partial charge < -0.3 is 0 Å². The average Bonchev–Trinajstić information content (AvgIpc) is 2.38. The number of benzene rings is 2. The summed E-state index contributed by atoms with van der Waals surface area (Å²) in [7, 11) is 0. The van der Waals surface area contributed by atoms with Crippen LogP contribution in [0.4, 0.5) is 4.39 Å². The van der Waals surface area contributed by atoms with Gasteiger partial charge in [-0.2, -0.15) is 0 Å². The smallest absolute Gasteiger partial charge is 0.123 e. The van der Waals surface area contributed by atoms with Crippen LogP contribution in [0, 0.1) is 5.82 Å². The van der Waals surface area contributed by atoms with Gasteiger partial charge in [0.25, 0.3) is 0 Å². The zero-order chi connectivity index (χ0) is 12.3. The molecule has 2 aromatic rings. The lowest BCUT2D eigenvalue weighted by atomic mass is 9.96. The minimum absolute atomic E-state index is 0.187. The van der Waals surface area contributed by atoms with Gasteiger partial charge in [-0.25, -0.2) is 4.39 Å². The monoisotopic (exact) mass is 228 g/mol. The van der Waals surface area contributed by atoms with E-state index >= 15 is 0 Å². The highest BCUT2D eigenvalue weighted by molar-refractivity contribution is 5.63. The molecule has 2 aromatic carbocycles. The maximum absolute atomic E-state index is 13.1. The summed E-state index contributed by atoms with van der Waals surface area (Å²) in [6.45, 7) is 4.41. The van der Waals surface area contributed by atoms with Crippen molar-refractivity contribution in [2.75, 3.05) is 0 Å². The molecule has 0 aromatic heterocycles. The van der Waals surface area contributed by atoms with E-state index in [0.29, 0.717) is 5.92 Å². The predicted octanol–water partition coefficient (Wildman–Crippen LogP) is 5.01. The molecule has 1 unspecified atom stereocenters. The van der Waals surface area contributed by atoms with Crippen molar-refractivity contribution in [1.29, 1.82) is 0 Å². The Morgan fingerprint density at radius 1 is 1.00 bits per heavy atom. The Bertz CT molecular complexity index is 485. The van der Waals surface area contributed by atoms with Gasteiger partial charge in [0.05, 0.1) is 0 Å². The summed E-state index contributed by atoms with van der Waals surface area (Å²) in [6.07, 6.45) is 1.14. The molecule has 1 atom stereocenters. The molecule has 0 saturated heterocycles. The Morgan fingerprint density at radius 2 is 1.71 bits per heavy atom. The highest BCUT2D eigenvalue weighted by Gasteiger charge is 2.03. The lowest BCUT2D eigenvalue weighted by Crippen LogP contribution is -1.90. The van der Waals surface area contributed by atoms with Crippen LogP contribution in [0.25, 0.3) is 11.1 Å². The Labute approximate surface area is 102 Å². The van der Waals surface area contributed by atoms with Gasteiger partial charge in [-0.15, -0.1) is 0 Å². The van der Waals surface area contributed by atoms with Crippen LogP contribution in [-0.2, 0) is 0 Å². The number of hydrogen-bond acceptors (Lipinski definition) is 0. The topological polar surface area (TPSA) is 0 Å². The first-order valence-electron chi connectivity index (χ1n) is 6.06. The first-order chi connectivity index (χ1) is 8.20. The van der Waals surface area contributed by atoms with Gasteiger partial charge in [0.1, 0.15) is 5.82 Å². The maximum atomic E-state index is 13.1. The summed E-state index contributed by atoms with van der Waals surface area (Å²) in [4.78, 5) is 0. The molecule has 0 spiro atoms. The van der Waals surface area contributed by atoms with Crippen molar-refractivity contribution in [1.82, 2.24) is 0 Å². The molecule has 0 nitrogen and oxygen atoms in total. The van der Waals surface area contributed by atoms with Gasteiger partial charge in [-0.05, 0) is 41.2 Å². The second-order valence-corrected chi connectivity index (χ2v) is 4.44. The standard InChI is InChI=1S/C16H17F/c1-3-12(2)13-7-9-14(10-8-13)15-5-4-6-16(17)11-15/h4-12H,3H2,1-2H3. The molecule has 0 aliphatic carbocycles. The summed E-state index contributed by atoms with van der Waals surface area (Å²) in [5.41, 5.74) is 3.34. The van der Waals surface area contributed by atoms with Crippen LogP contribution in [-0.4, -0.2) is 0 Å². The van der Waals surface area contributed by atoms with Crippen molar-refractivity contribution in [3.05, 3.63) is 59.9 Å². The lowest BCUT2D eigenvalue weighted by Gasteiger charge is -2.09. The van der Waals surface area contributed by atoms with Crippen LogP contribution in [0.5, 0.6) is 0 Å². The van der Waals surface area contributed by atoms with Gasteiger partial charge >= 0.3 is 0 Å². The molecule has 0 radical (unpaired) electrons. The molecule has 0 amide bonds. The van der Waals surface area contributed by atoms with Gasteiger partial charge in [-0.1, -0.05) is 50.2 Å². The van der Waals surface area contributed by atoms with Crippen LogP contribution in [0.2, 0.25) is 0 Å². The minimum Gasteiger partial charge on any atom is -0.207 e. The van der Waals surface area contributed by atoms with E-state index in [9.17, 15) is 4.39 Å². The number of halogens is 1. The molecule has 0 bridgehead atoms. The van der Waals surface area contributed by atoms with E-state index in [-0.39, 0.29) is 5.82 Å². The minimum atomic E-state index is -0.187.